The van der Waals surface area contributed by atoms with Crippen LogP contribution in [0.4, 0.5) is 15.9 Å². The Kier molecular flexibility index (Phi) is 7.35. The molecule has 1 aliphatic rings. The quantitative estimate of drug-likeness (QED) is 0.733. The summed E-state index contributed by atoms with van der Waals surface area (Å²) in [5.41, 5.74) is 0.883. The second kappa shape index (κ2) is 10.2. The van der Waals surface area contributed by atoms with Crippen LogP contribution in [-0.4, -0.2) is 60.6 Å². The minimum Gasteiger partial charge on any atom is -0.462 e. The van der Waals surface area contributed by atoms with Crippen LogP contribution < -0.4 is 10.2 Å². The molecule has 2 aromatic rings. The molecule has 1 N–H and O–H groups in total. The number of rotatable bonds is 6. The lowest BCUT2D eigenvalue weighted by Crippen LogP contribution is -2.44. The van der Waals surface area contributed by atoms with Crippen molar-refractivity contribution in [2.45, 2.75) is 26.3 Å². The molecule has 0 spiro atoms. The highest BCUT2D eigenvalue weighted by atomic mass is 19.1. The van der Waals surface area contributed by atoms with Crippen LogP contribution in [0, 0.1) is 5.82 Å². The number of halogens is 1. The fraction of sp³-hybridized carbons (Fsp3) is 0.409. The van der Waals surface area contributed by atoms with Gasteiger partial charge in [-0.1, -0.05) is 6.07 Å². The van der Waals surface area contributed by atoms with Crippen molar-refractivity contribution < 1.29 is 18.7 Å². The number of pyridine rings is 1. The van der Waals surface area contributed by atoms with E-state index in [9.17, 15) is 14.0 Å². The standard InChI is InChI=1S/C22H27FN4O3/c1-3-30-22(29)17-8-9-20(24-15-17)27-11-5-10-26(12-13-27)16(2)21(28)25-19-7-4-6-18(23)14-19/h4,6-9,14-16H,3,5,10-13H2,1-2H3,(H,25,28). The number of benzene rings is 1. The van der Waals surface area contributed by atoms with Crippen LogP contribution >= 0.6 is 0 Å². The molecular formula is C22H27FN4O3. The summed E-state index contributed by atoms with van der Waals surface area (Å²) in [5.74, 6) is -0.128. The van der Waals surface area contributed by atoms with Gasteiger partial charge in [0.05, 0.1) is 18.2 Å². The van der Waals surface area contributed by atoms with Gasteiger partial charge in [-0.05, 0) is 50.6 Å². The topological polar surface area (TPSA) is 74.8 Å². The number of nitrogens with one attached hydrogen (secondary N) is 1. The summed E-state index contributed by atoms with van der Waals surface area (Å²) in [6, 6.07) is 9.09. The molecule has 1 fully saturated rings. The first kappa shape index (κ1) is 21.7. The van der Waals surface area contributed by atoms with Crippen molar-refractivity contribution in [1.82, 2.24) is 9.88 Å². The largest absolute Gasteiger partial charge is 0.462 e. The highest BCUT2D eigenvalue weighted by Gasteiger charge is 2.24. The number of hydrogen-bond acceptors (Lipinski definition) is 6. The summed E-state index contributed by atoms with van der Waals surface area (Å²) in [5, 5.41) is 2.78. The Hall–Kier alpha value is -3.00. The number of hydrogen-bond donors (Lipinski definition) is 1. The molecule has 0 saturated carbocycles. The van der Waals surface area contributed by atoms with Gasteiger partial charge >= 0.3 is 5.97 Å². The van der Waals surface area contributed by atoms with E-state index in [2.05, 4.69) is 20.1 Å². The SMILES string of the molecule is CCOC(=O)c1ccc(N2CCCN(C(C)C(=O)Nc3cccc(F)c3)CC2)nc1. The molecule has 0 bridgehead atoms. The molecule has 8 heteroatoms. The lowest BCUT2D eigenvalue weighted by molar-refractivity contribution is -0.120. The number of aromatic nitrogens is 1. The number of ether oxygens (including phenoxy) is 1. The van der Waals surface area contributed by atoms with Crippen molar-refractivity contribution in [2.75, 3.05) is 43.0 Å². The van der Waals surface area contributed by atoms with Crippen LogP contribution in [0.15, 0.2) is 42.6 Å². The normalized spacial score (nSPS) is 15.9. The zero-order valence-corrected chi connectivity index (χ0v) is 17.3. The van der Waals surface area contributed by atoms with Crippen LogP contribution in [-0.2, 0) is 9.53 Å². The zero-order valence-electron chi connectivity index (χ0n) is 17.3. The van der Waals surface area contributed by atoms with Gasteiger partial charge in [0, 0.05) is 38.1 Å². The molecule has 3 rings (SSSR count). The summed E-state index contributed by atoms with van der Waals surface area (Å²) in [6.45, 7) is 6.93. The Balaban J connectivity index is 1.57. The number of anilines is 2. The first-order chi connectivity index (χ1) is 14.5. The highest BCUT2D eigenvalue weighted by molar-refractivity contribution is 5.94. The van der Waals surface area contributed by atoms with E-state index in [1.165, 1.54) is 18.3 Å². The average molecular weight is 414 g/mol. The lowest BCUT2D eigenvalue weighted by Gasteiger charge is -2.27. The number of carbonyl (C=O) groups is 2. The van der Waals surface area contributed by atoms with Gasteiger partial charge < -0.3 is 15.0 Å². The van der Waals surface area contributed by atoms with Crippen molar-refractivity contribution in [2.24, 2.45) is 0 Å². The van der Waals surface area contributed by atoms with Crippen LogP contribution in [0.1, 0.15) is 30.6 Å². The predicted molar refractivity (Wildman–Crippen MR) is 113 cm³/mol. The first-order valence-electron chi connectivity index (χ1n) is 10.2. The summed E-state index contributed by atoms with van der Waals surface area (Å²) >= 11 is 0. The first-order valence-corrected chi connectivity index (χ1v) is 10.2. The minimum atomic E-state index is -0.382. The maximum Gasteiger partial charge on any atom is 0.339 e. The molecule has 0 aliphatic carbocycles. The Bertz CT molecular complexity index is 875. The summed E-state index contributed by atoms with van der Waals surface area (Å²) in [4.78, 5) is 33.0. The Morgan fingerprint density at radius 3 is 2.73 bits per heavy atom. The molecule has 1 aromatic heterocycles. The Labute approximate surface area is 175 Å². The van der Waals surface area contributed by atoms with Crippen molar-refractivity contribution >= 4 is 23.4 Å². The number of carbonyl (C=O) groups excluding carboxylic acids is 2. The van der Waals surface area contributed by atoms with Crippen LogP contribution in [0.2, 0.25) is 0 Å². The van der Waals surface area contributed by atoms with Gasteiger partial charge in [-0.2, -0.15) is 0 Å². The fourth-order valence-corrected chi connectivity index (χ4v) is 3.44. The summed E-state index contributed by atoms with van der Waals surface area (Å²) in [6.07, 6.45) is 2.41. The molecule has 1 saturated heterocycles. The monoisotopic (exact) mass is 414 g/mol. The van der Waals surface area contributed by atoms with Gasteiger partial charge in [-0.3, -0.25) is 9.69 Å². The van der Waals surface area contributed by atoms with Crippen molar-refractivity contribution in [3.63, 3.8) is 0 Å². The number of nitrogens with zero attached hydrogens (tertiary/aromatic N) is 3. The predicted octanol–water partition coefficient (Wildman–Crippen LogP) is 2.94. The van der Waals surface area contributed by atoms with Gasteiger partial charge in [0.25, 0.3) is 0 Å². The van der Waals surface area contributed by atoms with E-state index in [1.54, 1.807) is 25.1 Å². The minimum absolute atomic E-state index is 0.161. The zero-order chi connectivity index (χ0) is 21.5. The third kappa shape index (κ3) is 5.54. The van der Waals surface area contributed by atoms with E-state index in [0.29, 0.717) is 30.9 Å². The average Bonchev–Trinajstić information content (AvgIpc) is 3.00. The molecular weight excluding hydrogens is 387 g/mol. The van der Waals surface area contributed by atoms with E-state index >= 15 is 0 Å². The Morgan fingerprint density at radius 2 is 2.03 bits per heavy atom. The third-order valence-electron chi connectivity index (χ3n) is 5.13. The maximum atomic E-state index is 13.3. The second-order valence-corrected chi connectivity index (χ2v) is 7.18. The molecule has 1 aromatic carbocycles. The van der Waals surface area contributed by atoms with Gasteiger partial charge in [0.1, 0.15) is 11.6 Å². The number of esters is 1. The van der Waals surface area contributed by atoms with E-state index in [4.69, 9.17) is 4.74 Å². The van der Waals surface area contributed by atoms with Gasteiger partial charge in [0.15, 0.2) is 0 Å². The highest BCUT2D eigenvalue weighted by Crippen LogP contribution is 2.17. The van der Waals surface area contributed by atoms with E-state index in [0.717, 1.165) is 25.3 Å². The van der Waals surface area contributed by atoms with Gasteiger partial charge in [-0.15, -0.1) is 0 Å². The van der Waals surface area contributed by atoms with Crippen LogP contribution in [0.5, 0.6) is 0 Å². The molecule has 2 heterocycles. The van der Waals surface area contributed by atoms with E-state index < -0.39 is 0 Å². The smallest absolute Gasteiger partial charge is 0.339 e. The maximum absolute atomic E-state index is 13.3. The molecule has 1 unspecified atom stereocenters. The lowest BCUT2D eigenvalue weighted by atomic mass is 10.2. The molecule has 160 valence electrons. The van der Waals surface area contributed by atoms with Crippen molar-refractivity contribution in [3.05, 3.63) is 54.0 Å². The second-order valence-electron chi connectivity index (χ2n) is 7.18. The summed E-state index contributed by atoms with van der Waals surface area (Å²) < 4.78 is 18.3. The molecule has 0 radical (unpaired) electrons. The van der Waals surface area contributed by atoms with E-state index in [1.807, 2.05) is 13.0 Å². The van der Waals surface area contributed by atoms with E-state index in [-0.39, 0.29) is 23.7 Å². The van der Waals surface area contributed by atoms with Crippen LogP contribution in [0.3, 0.4) is 0 Å². The molecule has 30 heavy (non-hydrogen) atoms. The van der Waals surface area contributed by atoms with Gasteiger partial charge in [-0.25, -0.2) is 14.2 Å². The fourth-order valence-electron chi connectivity index (χ4n) is 3.44. The Morgan fingerprint density at radius 1 is 1.20 bits per heavy atom. The molecule has 1 atom stereocenters. The van der Waals surface area contributed by atoms with Gasteiger partial charge in [0.2, 0.25) is 5.91 Å². The molecule has 1 amide bonds. The third-order valence-corrected chi connectivity index (χ3v) is 5.13. The molecule has 1 aliphatic heterocycles. The number of amides is 1. The van der Waals surface area contributed by atoms with Crippen LogP contribution in [0.25, 0.3) is 0 Å². The van der Waals surface area contributed by atoms with Crippen molar-refractivity contribution in [3.8, 4) is 0 Å². The molecule has 7 nitrogen and oxygen atoms in total. The van der Waals surface area contributed by atoms with Crippen molar-refractivity contribution in [1.29, 1.82) is 0 Å². The summed E-state index contributed by atoms with van der Waals surface area (Å²) in [7, 11) is 0.